The van der Waals surface area contributed by atoms with Gasteiger partial charge in [-0.25, -0.2) is 4.98 Å². The van der Waals surface area contributed by atoms with Crippen molar-refractivity contribution in [2.24, 2.45) is 0 Å². The van der Waals surface area contributed by atoms with E-state index in [1.807, 2.05) is 6.07 Å². The molecular weight excluding hydrogens is 354 g/mol. The number of pyridine rings is 1. The molecule has 6 nitrogen and oxygen atoms in total. The SMILES string of the molecule is CC(F)(F)Oc1ccc(Nc2nccc(C3CC(O)C3)c2C(=N)C#N)cc1. The summed E-state index contributed by atoms with van der Waals surface area (Å²) in [5, 5.41) is 29.8. The van der Waals surface area contributed by atoms with Crippen LogP contribution in [0.5, 0.6) is 5.75 Å². The molecule has 1 aromatic heterocycles. The topological polar surface area (TPSA) is 102 Å². The fourth-order valence-corrected chi connectivity index (χ4v) is 3.02. The number of hydrogen-bond acceptors (Lipinski definition) is 6. The minimum atomic E-state index is -3.27. The first-order valence-corrected chi connectivity index (χ1v) is 8.36. The molecule has 2 aromatic rings. The summed E-state index contributed by atoms with van der Waals surface area (Å²) >= 11 is 0. The highest BCUT2D eigenvalue weighted by Gasteiger charge is 2.32. The van der Waals surface area contributed by atoms with Crippen LogP contribution in [0, 0.1) is 16.7 Å². The quantitative estimate of drug-likeness (QED) is 0.667. The molecule has 3 N–H and O–H groups in total. The molecule has 1 aromatic carbocycles. The first-order chi connectivity index (χ1) is 12.8. The van der Waals surface area contributed by atoms with Crippen molar-refractivity contribution >= 4 is 17.2 Å². The largest absolute Gasteiger partial charge is 0.433 e. The van der Waals surface area contributed by atoms with Crippen molar-refractivity contribution < 1.29 is 18.6 Å². The van der Waals surface area contributed by atoms with E-state index >= 15 is 0 Å². The summed E-state index contributed by atoms with van der Waals surface area (Å²) in [6.45, 7) is 0.658. The molecule has 1 heterocycles. The second-order valence-electron chi connectivity index (χ2n) is 6.49. The van der Waals surface area contributed by atoms with Crippen LogP contribution in [0.15, 0.2) is 36.5 Å². The minimum absolute atomic E-state index is 0.0169. The minimum Gasteiger partial charge on any atom is -0.433 e. The van der Waals surface area contributed by atoms with Crippen LogP contribution in [0.1, 0.15) is 36.8 Å². The molecule has 3 rings (SSSR count). The molecule has 0 amide bonds. The highest BCUT2D eigenvalue weighted by Crippen LogP contribution is 2.40. The van der Waals surface area contributed by atoms with Crippen LogP contribution in [-0.4, -0.2) is 28.0 Å². The van der Waals surface area contributed by atoms with E-state index in [2.05, 4.69) is 15.0 Å². The lowest BCUT2D eigenvalue weighted by Crippen LogP contribution is -2.28. The number of aromatic nitrogens is 1. The van der Waals surface area contributed by atoms with Crippen molar-refractivity contribution in [3.8, 4) is 11.8 Å². The number of anilines is 2. The van der Waals surface area contributed by atoms with E-state index in [0.717, 1.165) is 5.56 Å². The maximum Gasteiger partial charge on any atom is 0.394 e. The van der Waals surface area contributed by atoms with Crippen LogP contribution in [0.2, 0.25) is 0 Å². The van der Waals surface area contributed by atoms with Gasteiger partial charge in [0, 0.05) is 18.8 Å². The van der Waals surface area contributed by atoms with Gasteiger partial charge < -0.3 is 15.2 Å². The zero-order chi connectivity index (χ0) is 19.6. The normalized spacial score (nSPS) is 18.9. The zero-order valence-corrected chi connectivity index (χ0v) is 14.5. The second-order valence-corrected chi connectivity index (χ2v) is 6.49. The van der Waals surface area contributed by atoms with E-state index in [4.69, 9.17) is 5.41 Å². The Morgan fingerprint density at radius 2 is 2.00 bits per heavy atom. The highest BCUT2D eigenvalue weighted by atomic mass is 19.3. The van der Waals surface area contributed by atoms with Crippen molar-refractivity contribution in [1.82, 2.24) is 4.98 Å². The molecule has 0 aliphatic heterocycles. The molecular formula is C19H18F2N4O2. The number of nitrogens with one attached hydrogen (secondary N) is 2. The maximum absolute atomic E-state index is 12.9. The summed E-state index contributed by atoms with van der Waals surface area (Å²) in [5.41, 5.74) is 1.49. The third kappa shape index (κ3) is 4.38. The molecule has 1 saturated carbocycles. The molecule has 140 valence electrons. The van der Waals surface area contributed by atoms with E-state index < -0.39 is 6.11 Å². The van der Waals surface area contributed by atoms with Gasteiger partial charge in [-0.15, -0.1) is 0 Å². The molecule has 0 radical (unpaired) electrons. The lowest BCUT2D eigenvalue weighted by atomic mass is 9.76. The summed E-state index contributed by atoms with van der Waals surface area (Å²) in [6.07, 6.45) is -0.912. The van der Waals surface area contributed by atoms with Crippen LogP contribution in [0.25, 0.3) is 0 Å². The maximum atomic E-state index is 12.9. The Hall–Kier alpha value is -3.05. The number of nitrogens with zero attached hydrogens (tertiary/aromatic N) is 2. The smallest absolute Gasteiger partial charge is 0.394 e. The predicted octanol–water partition coefficient (Wildman–Crippen LogP) is 3.95. The Labute approximate surface area is 154 Å². The van der Waals surface area contributed by atoms with Gasteiger partial charge in [0.15, 0.2) is 0 Å². The Kier molecular flexibility index (Phi) is 5.06. The summed E-state index contributed by atoms with van der Waals surface area (Å²) in [6, 6.07) is 9.46. The predicted molar refractivity (Wildman–Crippen MR) is 95.6 cm³/mol. The van der Waals surface area contributed by atoms with Crippen LogP contribution < -0.4 is 10.1 Å². The fraction of sp³-hybridized carbons (Fsp3) is 0.316. The van der Waals surface area contributed by atoms with Gasteiger partial charge in [-0.1, -0.05) is 0 Å². The van der Waals surface area contributed by atoms with Gasteiger partial charge in [-0.2, -0.15) is 14.0 Å². The van der Waals surface area contributed by atoms with Gasteiger partial charge in [0.2, 0.25) is 0 Å². The Morgan fingerprint density at radius 1 is 1.33 bits per heavy atom. The third-order valence-electron chi connectivity index (χ3n) is 4.31. The molecule has 8 heteroatoms. The monoisotopic (exact) mass is 372 g/mol. The number of hydrogen-bond donors (Lipinski definition) is 3. The number of aliphatic hydroxyl groups is 1. The van der Waals surface area contributed by atoms with Crippen LogP contribution in [-0.2, 0) is 0 Å². The van der Waals surface area contributed by atoms with Gasteiger partial charge in [0.1, 0.15) is 23.3 Å². The van der Waals surface area contributed by atoms with Gasteiger partial charge >= 0.3 is 6.11 Å². The van der Waals surface area contributed by atoms with Gasteiger partial charge in [-0.05, 0) is 54.7 Å². The molecule has 0 bridgehead atoms. The average Bonchev–Trinajstić information content (AvgIpc) is 2.58. The van der Waals surface area contributed by atoms with Crippen molar-refractivity contribution in [3.63, 3.8) is 0 Å². The van der Waals surface area contributed by atoms with E-state index in [1.54, 1.807) is 24.4 Å². The molecule has 0 atom stereocenters. The third-order valence-corrected chi connectivity index (χ3v) is 4.31. The summed E-state index contributed by atoms with van der Waals surface area (Å²) in [4.78, 5) is 4.23. The van der Waals surface area contributed by atoms with Crippen molar-refractivity contribution in [2.45, 2.75) is 37.9 Å². The van der Waals surface area contributed by atoms with Crippen LogP contribution in [0.4, 0.5) is 20.3 Å². The van der Waals surface area contributed by atoms with Crippen molar-refractivity contribution in [1.29, 1.82) is 10.7 Å². The number of aliphatic hydroxyl groups excluding tert-OH is 1. The first-order valence-electron chi connectivity index (χ1n) is 8.36. The fourth-order valence-electron chi connectivity index (χ4n) is 3.02. The van der Waals surface area contributed by atoms with E-state index in [9.17, 15) is 19.1 Å². The van der Waals surface area contributed by atoms with Crippen LogP contribution in [0.3, 0.4) is 0 Å². The first kappa shape index (κ1) is 18.7. The standard InChI is InChI=1S/C19H18F2N4O2/c1-19(20,21)27-14-4-2-12(3-5-14)25-18-17(16(23)10-22)15(6-7-24-18)11-8-13(26)9-11/h2-7,11,13,23,26H,8-9H2,1H3,(H,24,25). The molecule has 0 saturated heterocycles. The molecule has 1 aliphatic rings. The number of ether oxygens (including phenoxy) is 1. The highest BCUT2D eigenvalue weighted by molar-refractivity contribution is 6.13. The number of nitriles is 1. The Bertz CT molecular complexity index is 882. The summed E-state index contributed by atoms with van der Waals surface area (Å²) in [5.74, 6) is 0.410. The molecule has 1 fully saturated rings. The number of alkyl halides is 2. The zero-order valence-electron chi connectivity index (χ0n) is 14.5. The summed E-state index contributed by atoms with van der Waals surface area (Å²) in [7, 11) is 0. The molecule has 1 aliphatic carbocycles. The van der Waals surface area contributed by atoms with Gasteiger partial charge in [-0.3, -0.25) is 5.41 Å². The Balaban J connectivity index is 1.87. The van der Waals surface area contributed by atoms with Crippen molar-refractivity contribution in [3.05, 3.63) is 47.7 Å². The van der Waals surface area contributed by atoms with E-state index in [0.29, 0.717) is 36.8 Å². The lowest BCUT2D eigenvalue weighted by molar-refractivity contribution is -0.158. The number of halogens is 2. The van der Waals surface area contributed by atoms with Crippen molar-refractivity contribution in [2.75, 3.05) is 5.32 Å². The molecule has 0 spiro atoms. The van der Waals surface area contributed by atoms with Gasteiger partial charge in [0.05, 0.1) is 11.7 Å². The summed E-state index contributed by atoms with van der Waals surface area (Å²) < 4.78 is 30.3. The lowest BCUT2D eigenvalue weighted by Gasteiger charge is -2.33. The Morgan fingerprint density at radius 3 is 2.56 bits per heavy atom. The second kappa shape index (κ2) is 7.29. The van der Waals surface area contributed by atoms with E-state index in [-0.39, 0.29) is 23.5 Å². The average molecular weight is 372 g/mol. The van der Waals surface area contributed by atoms with Gasteiger partial charge in [0.25, 0.3) is 0 Å². The van der Waals surface area contributed by atoms with E-state index in [1.165, 1.54) is 12.1 Å². The molecule has 27 heavy (non-hydrogen) atoms. The number of rotatable bonds is 6. The van der Waals surface area contributed by atoms with Crippen LogP contribution >= 0.6 is 0 Å². The molecule has 0 unspecified atom stereocenters. The number of benzene rings is 1.